The van der Waals surface area contributed by atoms with E-state index in [0.29, 0.717) is 12.3 Å². The van der Waals surface area contributed by atoms with Gasteiger partial charge in [0, 0.05) is 25.1 Å². The minimum Gasteiger partial charge on any atom is -0.391 e. The van der Waals surface area contributed by atoms with Crippen LogP contribution in [0.2, 0.25) is 0 Å². The lowest BCUT2D eigenvalue weighted by Crippen LogP contribution is -2.41. The molecule has 0 radical (unpaired) electrons. The second-order valence-electron chi connectivity index (χ2n) is 6.55. The highest BCUT2D eigenvalue weighted by Crippen LogP contribution is 2.27. The summed E-state index contributed by atoms with van der Waals surface area (Å²) < 4.78 is 3.63. The van der Waals surface area contributed by atoms with E-state index in [4.69, 9.17) is 0 Å². The second-order valence-corrected chi connectivity index (χ2v) is 6.55. The van der Waals surface area contributed by atoms with Gasteiger partial charge in [0.15, 0.2) is 0 Å². The number of carbonyl (C=O) groups excluding carboxylic acids is 1. The lowest BCUT2D eigenvalue weighted by Gasteiger charge is -2.16. The molecule has 1 aliphatic carbocycles. The molecule has 3 atom stereocenters. The van der Waals surface area contributed by atoms with Crippen molar-refractivity contribution in [1.82, 2.24) is 29.6 Å². The minimum atomic E-state index is -0.520. The highest BCUT2D eigenvalue weighted by atomic mass is 16.3. The molecule has 1 fully saturated rings. The molecule has 3 heterocycles. The number of amides is 1. The van der Waals surface area contributed by atoms with Gasteiger partial charge in [0.05, 0.1) is 30.2 Å². The number of aliphatic hydroxyl groups excluding tert-OH is 1. The molecule has 0 aromatic carbocycles. The monoisotopic (exact) mass is 340 g/mol. The Kier molecular flexibility index (Phi) is 4.19. The third kappa shape index (κ3) is 3.39. The van der Waals surface area contributed by atoms with Crippen molar-refractivity contribution in [1.29, 1.82) is 0 Å². The molecule has 0 saturated heterocycles. The average Bonchev–Trinajstić information content (AvgIpc) is 3.31. The van der Waals surface area contributed by atoms with Crippen molar-refractivity contribution in [2.24, 2.45) is 5.92 Å². The van der Waals surface area contributed by atoms with Gasteiger partial charge in [-0.1, -0.05) is 0 Å². The first-order chi connectivity index (χ1) is 12.2. The van der Waals surface area contributed by atoms with Crippen LogP contribution in [0, 0.1) is 5.92 Å². The van der Waals surface area contributed by atoms with Crippen molar-refractivity contribution >= 4 is 16.9 Å². The second kappa shape index (κ2) is 6.64. The predicted octanol–water partition coefficient (Wildman–Crippen LogP) is 0.584. The van der Waals surface area contributed by atoms with Crippen LogP contribution in [0.4, 0.5) is 0 Å². The van der Waals surface area contributed by atoms with Crippen LogP contribution >= 0.6 is 0 Å². The number of nitrogens with one attached hydrogen (secondary N) is 1. The van der Waals surface area contributed by atoms with E-state index >= 15 is 0 Å². The van der Waals surface area contributed by atoms with Gasteiger partial charge in [-0.3, -0.25) is 14.5 Å². The summed E-state index contributed by atoms with van der Waals surface area (Å²) in [5.74, 6) is 0.172. The standard InChI is InChI=1S/C17H20N6O2/c24-16-7-12(9-22-5-4-18-11-22)6-13(16)21-17(25)10-23-15-2-1-3-19-14(15)8-20-23/h1-5,8,11-13,16,24H,6-7,9-10H2,(H,21,25)/t12?,13-,16-/m1/s1. The van der Waals surface area contributed by atoms with Gasteiger partial charge in [0.25, 0.3) is 0 Å². The van der Waals surface area contributed by atoms with Crippen LogP contribution in [-0.4, -0.2) is 47.5 Å². The Morgan fingerprint density at radius 2 is 2.28 bits per heavy atom. The molecule has 4 rings (SSSR count). The molecule has 25 heavy (non-hydrogen) atoms. The number of imidazole rings is 1. The zero-order valence-corrected chi connectivity index (χ0v) is 13.7. The van der Waals surface area contributed by atoms with Gasteiger partial charge >= 0.3 is 0 Å². The van der Waals surface area contributed by atoms with Crippen LogP contribution < -0.4 is 5.32 Å². The molecule has 8 heteroatoms. The SMILES string of the molecule is O=C(Cn1ncc2ncccc21)N[C@@H]1CC(Cn2ccnc2)C[C@H]1O. The smallest absolute Gasteiger partial charge is 0.242 e. The number of aliphatic hydroxyl groups is 1. The summed E-state index contributed by atoms with van der Waals surface area (Å²) in [5.41, 5.74) is 1.58. The quantitative estimate of drug-likeness (QED) is 0.708. The van der Waals surface area contributed by atoms with Crippen LogP contribution in [0.3, 0.4) is 0 Å². The highest BCUT2D eigenvalue weighted by Gasteiger charge is 2.34. The minimum absolute atomic E-state index is 0.116. The van der Waals surface area contributed by atoms with Crippen LogP contribution in [0.5, 0.6) is 0 Å². The van der Waals surface area contributed by atoms with Gasteiger partial charge in [-0.15, -0.1) is 0 Å². The zero-order valence-electron chi connectivity index (χ0n) is 13.7. The number of fused-ring (bicyclic) bond motifs is 1. The van der Waals surface area contributed by atoms with Crippen molar-refractivity contribution in [3.8, 4) is 0 Å². The summed E-state index contributed by atoms with van der Waals surface area (Å²) in [4.78, 5) is 20.6. The fraction of sp³-hybridized carbons (Fsp3) is 0.412. The summed E-state index contributed by atoms with van der Waals surface area (Å²) in [6.07, 6.45) is 9.69. The van der Waals surface area contributed by atoms with Gasteiger partial charge in [0.2, 0.25) is 5.91 Å². The molecule has 1 saturated carbocycles. The number of hydrogen-bond donors (Lipinski definition) is 2. The summed E-state index contributed by atoms with van der Waals surface area (Å²) in [6, 6.07) is 3.48. The number of hydrogen-bond acceptors (Lipinski definition) is 5. The van der Waals surface area contributed by atoms with Crippen molar-refractivity contribution in [2.45, 2.75) is 38.1 Å². The lowest BCUT2D eigenvalue weighted by atomic mass is 10.1. The zero-order chi connectivity index (χ0) is 17.2. The van der Waals surface area contributed by atoms with E-state index < -0.39 is 6.10 Å². The number of aromatic nitrogens is 5. The Morgan fingerprint density at radius 3 is 3.12 bits per heavy atom. The van der Waals surface area contributed by atoms with Gasteiger partial charge in [-0.05, 0) is 30.9 Å². The molecule has 3 aromatic rings. The Bertz CT molecular complexity index is 859. The topological polar surface area (TPSA) is 97.9 Å². The first kappa shape index (κ1) is 15.8. The fourth-order valence-corrected chi connectivity index (χ4v) is 3.54. The average molecular weight is 340 g/mol. The lowest BCUT2D eigenvalue weighted by molar-refractivity contribution is -0.123. The molecule has 1 amide bonds. The van der Waals surface area contributed by atoms with Crippen molar-refractivity contribution < 1.29 is 9.90 Å². The van der Waals surface area contributed by atoms with E-state index in [-0.39, 0.29) is 18.5 Å². The molecule has 1 unspecified atom stereocenters. The van der Waals surface area contributed by atoms with Crippen LogP contribution in [0.25, 0.3) is 11.0 Å². The van der Waals surface area contributed by atoms with Crippen molar-refractivity contribution in [2.75, 3.05) is 0 Å². The van der Waals surface area contributed by atoms with Crippen LogP contribution in [0.15, 0.2) is 43.2 Å². The fourth-order valence-electron chi connectivity index (χ4n) is 3.54. The molecule has 0 aliphatic heterocycles. The van der Waals surface area contributed by atoms with Crippen LogP contribution in [-0.2, 0) is 17.9 Å². The Morgan fingerprint density at radius 1 is 1.36 bits per heavy atom. The molecule has 8 nitrogen and oxygen atoms in total. The maximum atomic E-state index is 12.4. The third-order valence-corrected chi connectivity index (χ3v) is 4.71. The first-order valence-electron chi connectivity index (χ1n) is 8.39. The molecule has 0 bridgehead atoms. The molecular weight excluding hydrogens is 320 g/mol. The molecule has 3 aromatic heterocycles. The van der Waals surface area contributed by atoms with Gasteiger partial charge in [-0.2, -0.15) is 5.10 Å². The van der Waals surface area contributed by atoms with E-state index in [0.717, 1.165) is 24.0 Å². The summed E-state index contributed by atoms with van der Waals surface area (Å²) >= 11 is 0. The molecular formula is C17H20N6O2. The van der Waals surface area contributed by atoms with Crippen LogP contribution in [0.1, 0.15) is 12.8 Å². The van der Waals surface area contributed by atoms with Gasteiger partial charge in [0.1, 0.15) is 12.1 Å². The summed E-state index contributed by atoms with van der Waals surface area (Å²) in [7, 11) is 0. The molecule has 1 aliphatic rings. The largest absolute Gasteiger partial charge is 0.391 e. The van der Waals surface area contributed by atoms with E-state index in [1.54, 1.807) is 29.6 Å². The predicted molar refractivity (Wildman–Crippen MR) is 90.4 cm³/mol. The summed E-state index contributed by atoms with van der Waals surface area (Å²) in [5, 5.41) is 17.4. The molecule has 130 valence electrons. The van der Waals surface area contributed by atoms with E-state index in [9.17, 15) is 9.90 Å². The molecule has 0 spiro atoms. The highest BCUT2D eigenvalue weighted by molar-refractivity contribution is 5.79. The number of nitrogens with zero attached hydrogens (tertiary/aromatic N) is 5. The van der Waals surface area contributed by atoms with Gasteiger partial charge < -0.3 is 15.0 Å². The maximum absolute atomic E-state index is 12.4. The Labute approximate surface area is 144 Å². The Balaban J connectivity index is 1.36. The number of pyridine rings is 1. The molecule has 2 N–H and O–H groups in total. The third-order valence-electron chi connectivity index (χ3n) is 4.71. The van der Waals surface area contributed by atoms with E-state index in [1.165, 1.54) is 0 Å². The van der Waals surface area contributed by atoms with Gasteiger partial charge in [-0.25, -0.2) is 4.98 Å². The normalized spacial score (nSPS) is 23.2. The number of carbonyl (C=O) groups is 1. The number of rotatable bonds is 5. The summed E-state index contributed by atoms with van der Waals surface area (Å²) in [6.45, 7) is 0.920. The maximum Gasteiger partial charge on any atom is 0.242 e. The van der Waals surface area contributed by atoms with Crippen molar-refractivity contribution in [3.63, 3.8) is 0 Å². The first-order valence-corrected chi connectivity index (χ1v) is 8.39. The van der Waals surface area contributed by atoms with E-state index in [1.807, 2.05) is 22.9 Å². The Hall–Kier alpha value is -2.74. The van der Waals surface area contributed by atoms with Crippen molar-refractivity contribution in [3.05, 3.63) is 43.2 Å². The van der Waals surface area contributed by atoms with E-state index in [2.05, 4.69) is 20.4 Å².